The second kappa shape index (κ2) is 5.83. The molecule has 2 heterocycles. The third-order valence-electron chi connectivity index (χ3n) is 3.95. The molecule has 0 atom stereocenters. The van der Waals surface area contributed by atoms with Gasteiger partial charge >= 0.3 is 0 Å². The first kappa shape index (κ1) is 16.3. The number of nitrogens with one attached hydrogen (secondary N) is 1. The SMILES string of the molecule is Cc1noc(C)c1-n1c(C(=N)N)c(C)c(Br)c1-c1ccc(O)cc1. The number of halogens is 1. The molecule has 3 aromatic rings. The van der Waals surface area contributed by atoms with E-state index in [-0.39, 0.29) is 11.6 Å². The molecule has 4 N–H and O–H groups in total. The van der Waals surface area contributed by atoms with E-state index >= 15 is 0 Å². The van der Waals surface area contributed by atoms with Gasteiger partial charge in [-0.05, 0) is 72.1 Å². The normalized spacial score (nSPS) is 11.0. The molecule has 3 rings (SSSR count). The van der Waals surface area contributed by atoms with E-state index in [1.807, 2.05) is 37.5 Å². The standard InChI is InChI=1S/C17H17BrN4O2/c1-8-13(18)16(11-4-6-12(23)7-5-11)22(14(8)17(19)20)15-9(2)21-24-10(15)3/h4-7,23H,1-3H3,(H3,19,20). The lowest BCUT2D eigenvalue weighted by molar-refractivity contribution is 0.393. The Kier molecular flexibility index (Phi) is 3.96. The van der Waals surface area contributed by atoms with Crippen LogP contribution >= 0.6 is 15.9 Å². The molecule has 0 spiro atoms. The van der Waals surface area contributed by atoms with E-state index in [1.165, 1.54) is 0 Å². The number of rotatable bonds is 3. The fourth-order valence-electron chi connectivity index (χ4n) is 2.88. The topological polar surface area (TPSA) is 101 Å². The smallest absolute Gasteiger partial charge is 0.157 e. The van der Waals surface area contributed by atoms with Crippen LogP contribution in [0.25, 0.3) is 16.9 Å². The Hall–Kier alpha value is -2.54. The van der Waals surface area contributed by atoms with Crippen molar-refractivity contribution in [2.45, 2.75) is 20.8 Å². The summed E-state index contributed by atoms with van der Waals surface area (Å²) in [5.74, 6) is 0.782. The first-order valence-electron chi connectivity index (χ1n) is 7.30. The van der Waals surface area contributed by atoms with Crippen molar-refractivity contribution in [1.82, 2.24) is 9.72 Å². The lowest BCUT2D eigenvalue weighted by atomic mass is 10.1. The Balaban J connectivity index is 2.43. The molecule has 124 valence electrons. The summed E-state index contributed by atoms with van der Waals surface area (Å²) < 4.78 is 8.02. The highest BCUT2D eigenvalue weighted by molar-refractivity contribution is 9.10. The zero-order valence-corrected chi connectivity index (χ0v) is 15.1. The summed E-state index contributed by atoms with van der Waals surface area (Å²) in [6.07, 6.45) is 0. The quantitative estimate of drug-likeness (QED) is 0.468. The van der Waals surface area contributed by atoms with Gasteiger partial charge in [0, 0.05) is 4.47 Å². The molecule has 0 aliphatic heterocycles. The fraction of sp³-hybridized carbons (Fsp3) is 0.176. The largest absolute Gasteiger partial charge is 0.508 e. The third-order valence-corrected chi connectivity index (χ3v) is 4.93. The van der Waals surface area contributed by atoms with Gasteiger partial charge in [-0.3, -0.25) is 5.41 Å². The first-order valence-corrected chi connectivity index (χ1v) is 8.10. The number of nitrogen functional groups attached to an aromatic ring is 1. The maximum atomic E-state index is 9.56. The van der Waals surface area contributed by atoms with Gasteiger partial charge < -0.3 is 19.9 Å². The molecule has 0 aliphatic carbocycles. The molecule has 0 amide bonds. The summed E-state index contributed by atoms with van der Waals surface area (Å²) in [6, 6.07) is 6.87. The molecule has 6 nitrogen and oxygen atoms in total. The average molecular weight is 389 g/mol. The fourth-order valence-corrected chi connectivity index (χ4v) is 3.47. The van der Waals surface area contributed by atoms with Gasteiger partial charge in [-0.15, -0.1) is 0 Å². The lowest BCUT2D eigenvalue weighted by Crippen LogP contribution is -2.18. The van der Waals surface area contributed by atoms with E-state index in [0.29, 0.717) is 17.1 Å². The first-order chi connectivity index (χ1) is 11.3. The predicted octanol–water partition coefficient (Wildman–Crippen LogP) is 3.81. The van der Waals surface area contributed by atoms with Crippen LogP contribution in [0, 0.1) is 26.2 Å². The van der Waals surface area contributed by atoms with Gasteiger partial charge in [0.1, 0.15) is 23.0 Å². The number of benzene rings is 1. The van der Waals surface area contributed by atoms with Gasteiger partial charge in [0.2, 0.25) is 0 Å². The second-order valence-corrected chi connectivity index (χ2v) is 6.40. The molecule has 2 aromatic heterocycles. The number of hydrogen-bond acceptors (Lipinski definition) is 4. The van der Waals surface area contributed by atoms with Gasteiger partial charge in [0.05, 0.1) is 11.4 Å². The van der Waals surface area contributed by atoms with E-state index < -0.39 is 0 Å². The number of aromatic hydroxyl groups is 1. The third kappa shape index (κ3) is 2.41. The van der Waals surface area contributed by atoms with Crippen molar-refractivity contribution in [3.8, 4) is 22.7 Å². The summed E-state index contributed by atoms with van der Waals surface area (Å²) in [7, 11) is 0. The summed E-state index contributed by atoms with van der Waals surface area (Å²) in [4.78, 5) is 0. The zero-order chi connectivity index (χ0) is 17.6. The van der Waals surface area contributed by atoms with Crippen LogP contribution in [0.5, 0.6) is 5.75 Å². The molecule has 1 aromatic carbocycles. The molecule has 24 heavy (non-hydrogen) atoms. The number of aromatic nitrogens is 2. The predicted molar refractivity (Wildman–Crippen MR) is 95.9 cm³/mol. The molecule has 0 bridgehead atoms. The van der Waals surface area contributed by atoms with Crippen molar-refractivity contribution in [3.05, 3.63) is 51.4 Å². The van der Waals surface area contributed by atoms with Crippen LogP contribution in [0.15, 0.2) is 33.3 Å². The molecular formula is C17H17BrN4O2. The minimum atomic E-state index is -0.0433. The highest BCUT2D eigenvalue weighted by Gasteiger charge is 2.26. The van der Waals surface area contributed by atoms with Crippen LogP contribution in [-0.4, -0.2) is 20.7 Å². The average Bonchev–Trinajstić information content (AvgIpc) is 2.98. The van der Waals surface area contributed by atoms with Crippen LogP contribution in [-0.2, 0) is 0 Å². The highest BCUT2D eigenvalue weighted by Crippen LogP contribution is 2.39. The second-order valence-electron chi connectivity index (χ2n) is 5.60. The van der Waals surface area contributed by atoms with E-state index in [1.54, 1.807) is 12.1 Å². The van der Waals surface area contributed by atoms with Crippen molar-refractivity contribution < 1.29 is 9.63 Å². The molecule has 0 radical (unpaired) electrons. The van der Waals surface area contributed by atoms with Gasteiger partial charge in [0.25, 0.3) is 0 Å². The van der Waals surface area contributed by atoms with Gasteiger partial charge in [-0.25, -0.2) is 0 Å². The van der Waals surface area contributed by atoms with E-state index in [0.717, 1.165) is 27.0 Å². The lowest BCUT2D eigenvalue weighted by Gasteiger charge is -2.13. The Morgan fingerprint density at radius 3 is 2.38 bits per heavy atom. The maximum absolute atomic E-state index is 9.56. The molecule has 0 fully saturated rings. The van der Waals surface area contributed by atoms with Crippen LogP contribution in [0.2, 0.25) is 0 Å². The van der Waals surface area contributed by atoms with Crippen LogP contribution < -0.4 is 5.73 Å². The van der Waals surface area contributed by atoms with E-state index in [2.05, 4.69) is 21.1 Å². The van der Waals surface area contributed by atoms with Gasteiger partial charge in [0.15, 0.2) is 5.76 Å². The van der Waals surface area contributed by atoms with Crippen molar-refractivity contribution >= 4 is 21.8 Å². The molecular weight excluding hydrogens is 372 g/mol. The molecule has 0 saturated carbocycles. The molecule has 7 heteroatoms. The number of nitrogens with zero attached hydrogens (tertiary/aromatic N) is 2. The minimum absolute atomic E-state index is 0.0433. The Bertz CT molecular complexity index is 919. The zero-order valence-electron chi connectivity index (χ0n) is 13.5. The highest BCUT2D eigenvalue weighted by atomic mass is 79.9. The maximum Gasteiger partial charge on any atom is 0.157 e. The summed E-state index contributed by atoms with van der Waals surface area (Å²) in [5.41, 5.74) is 10.5. The number of phenolic OH excluding ortho intramolecular Hbond substituents is 1. The summed E-state index contributed by atoms with van der Waals surface area (Å²) in [6.45, 7) is 5.57. The summed E-state index contributed by atoms with van der Waals surface area (Å²) >= 11 is 3.62. The summed E-state index contributed by atoms with van der Waals surface area (Å²) in [5, 5.41) is 21.6. The Labute approximate surface area is 147 Å². The number of hydrogen-bond donors (Lipinski definition) is 3. The van der Waals surface area contributed by atoms with Gasteiger partial charge in [-0.2, -0.15) is 0 Å². The monoisotopic (exact) mass is 388 g/mol. The number of phenols is 1. The van der Waals surface area contributed by atoms with E-state index in [4.69, 9.17) is 15.7 Å². The van der Waals surface area contributed by atoms with Crippen molar-refractivity contribution in [2.75, 3.05) is 0 Å². The van der Waals surface area contributed by atoms with Crippen molar-refractivity contribution in [1.29, 1.82) is 5.41 Å². The van der Waals surface area contributed by atoms with Crippen LogP contribution in [0.1, 0.15) is 22.7 Å². The van der Waals surface area contributed by atoms with Crippen LogP contribution in [0.4, 0.5) is 0 Å². The number of amidine groups is 1. The Morgan fingerprint density at radius 2 is 1.88 bits per heavy atom. The van der Waals surface area contributed by atoms with Crippen molar-refractivity contribution in [3.63, 3.8) is 0 Å². The molecule has 0 aliphatic rings. The van der Waals surface area contributed by atoms with Gasteiger partial charge in [-0.1, -0.05) is 5.16 Å². The van der Waals surface area contributed by atoms with E-state index in [9.17, 15) is 5.11 Å². The number of nitrogens with two attached hydrogens (primary N) is 1. The Morgan fingerprint density at radius 1 is 1.25 bits per heavy atom. The number of aryl methyl sites for hydroxylation is 2. The molecule has 0 unspecified atom stereocenters. The minimum Gasteiger partial charge on any atom is -0.508 e. The molecule has 0 saturated heterocycles. The van der Waals surface area contributed by atoms with Crippen molar-refractivity contribution in [2.24, 2.45) is 5.73 Å². The van der Waals surface area contributed by atoms with Crippen LogP contribution in [0.3, 0.4) is 0 Å².